The fraction of sp³-hybridized carbons (Fsp3) is 0.900. The Hall–Kier alpha value is -0.650. The van der Waals surface area contributed by atoms with Crippen molar-refractivity contribution in [3.8, 4) is 0 Å². The van der Waals surface area contributed by atoms with Gasteiger partial charge in [0, 0.05) is 26.2 Å². The Balaban J connectivity index is 2.22. The van der Waals surface area contributed by atoms with Crippen molar-refractivity contribution in [2.24, 2.45) is 5.92 Å². The number of carboxylic acids is 1. The molecule has 0 aliphatic carbocycles. The summed E-state index contributed by atoms with van der Waals surface area (Å²) in [6.45, 7) is 5.57. The summed E-state index contributed by atoms with van der Waals surface area (Å²) < 4.78 is 5.54. The number of hydrogen-bond acceptors (Lipinski definition) is 4. The molecule has 0 aromatic carbocycles. The van der Waals surface area contributed by atoms with E-state index in [0.29, 0.717) is 6.54 Å². The molecule has 0 amide bonds. The average Bonchev–Trinajstić information content (AvgIpc) is 2.18. The summed E-state index contributed by atoms with van der Waals surface area (Å²) in [5.74, 6) is -1.07. The van der Waals surface area contributed by atoms with Gasteiger partial charge in [0.15, 0.2) is 0 Å². The minimum Gasteiger partial charge on any atom is -0.481 e. The summed E-state index contributed by atoms with van der Waals surface area (Å²) in [6.07, 6.45) is 0.185. The molecule has 0 radical (unpaired) electrons. The third-order valence-corrected chi connectivity index (χ3v) is 2.53. The predicted molar refractivity (Wildman–Crippen MR) is 56.9 cm³/mol. The second-order valence-corrected chi connectivity index (χ2v) is 4.16. The van der Waals surface area contributed by atoms with E-state index in [-0.39, 0.29) is 12.0 Å². The van der Waals surface area contributed by atoms with Crippen molar-refractivity contribution in [2.75, 3.05) is 39.8 Å². The van der Waals surface area contributed by atoms with E-state index >= 15 is 0 Å². The molecule has 0 saturated carbocycles. The second-order valence-electron chi connectivity index (χ2n) is 4.16. The highest BCUT2D eigenvalue weighted by Gasteiger charge is 2.18. The molecule has 1 rings (SSSR count). The van der Waals surface area contributed by atoms with Crippen LogP contribution in [-0.2, 0) is 9.53 Å². The van der Waals surface area contributed by atoms with Crippen LogP contribution >= 0.6 is 0 Å². The second kappa shape index (κ2) is 6.05. The molecule has 0 bridgehead atoms. The van der Waals surface area contributed by atoms with E-state index in [4.69, 9.17) is 9.84 Å². The molecular formula is C10H20N2O3. The lowest BCUT2D eigenvalue weighted by Gasteiger charge is -2.28. The van der Waals surface area contributed by atoms with E-state index in [1.54, 1.807) is 6.92 Å². The number of ether oxygens (including phenoxy) is 1. The first kappa shape index (κ1) is 12.4. The zero-order chi connectivity index (χ0) is 11.3. The summed E-state index contributed by atoms with van der Waals surface area (Å²) in [5, 5.41) is 12.0. The molecule has 1 aliphatic rings. The summed E-state index contributed by atoms with van der Waals surface area (Å²) >= 11 is 0. The van der Waals surface area contributed by atoms with Crippen LogP contribution in [0.25, 0.3) is 0 Å². The molecule has 1 heterocycles. The lowest BCUT2D eigenvalue weighted by atomic mass is 10.1. The monoisotopic (exact) mass is 216 g/mol. The van der Waals surface area contributed by atoms with Gasteiger partial charge in [-0.15, -0.1) is 0 Å². The lowest BCUT2D eigenvalue weighted by Crippen LogP contribution is -2.45. The number of hydrogen-bond donors (Lipinski definition) is 2. The maximum absolute atomic E-state index is 10.7. The number of rotatable bonds is 5. The molecule has 15 heavy (non-hydrogen) atoms. The molecule has 5 heteroatoms. The molecule has 2 unspecified atom stereocenters. The minimum absolute atomic E-state index is 0.185. The topological polar surface area (TPSA) is 61.8 Å². The number of nitrogens with zero attached hydrogens (tertiary/aromatic N) is 1. The number of aliphatic carboxylic acids is 1. The number of nitrogens with one attached hydrogen (secondary N) is 1. The molecule has 1 fully saturated rings. The van der Waals surface area contributed by atoms with Crippen LogP contribution in [0.4, 0.5) is 0 Å². The molecule has 1 aliphatic heterocycles. The highest BCUT2D eigenvalue weighted by Crippen LogP contribution is 2.02. The third-order valence-electron chi connectivity index (χ3n) is 2.53. The summed E-state index contributed by atoms with van der Waals surface area (Å²) in [4.78, 5) is 12.7. The maximum Gasteiger partial charge on any atom is 0.307 e. The molecule has 1 saturated heterocycles. The van der Waals surface area contributed by atoms with Crippen molar-refractivity contribution in [3.05, 3.63) is 0 Å². The first-order valence-corrected chi connectivity index (χ1v) is 5.33. The van der Waals surface area contributed by atoms with Crippen molar-refractivity contribution < 1.29 is 14.6 Å². The quantitative estimate of drug-likeness (QED) is 0.656. The molecular weight excluding hydrogens is 196 g/mol. The van der Waals surface area contributed by atoms with Crippen molar-refractivity contribution in [2.45, 2.75) is 13.0 Å². The van der Waals surface area contributed by atoms with Crippen molar-refractivity contribution in [1.29, 1.82) is 0 Å². The summed E-state index contributed by atoms with van der Waals surface area (Å²) in [5.41, 5.74) is 0. The Bertz CT molecular complexity index is 205. The number of likely N-dealkylation sites (N-methyl/N-ethyl adjacent to an activating group) is 1. The predicted octanol–water partition coefficient (Wildman–Crippen LogP) is -0.373. The zero-order valence-corrected chi connectivity index (χ0v) is 9.40. The van der Waals surface area contributed by atoms with Crippen LogP contribution in [0.5, 0.6) is 0 Å². The standard InChI is InChI=1S/C10H20N2O3/c1-8(10(13)14)6-12(2)7-9-5-11-3-4-15-9/h8-9,11H,3-7H2,1-2H3,(H,13,14). The van der Waals surface area contributed by atoms with Crippen molar-refractivity contribution >= 4 is 5.97 Å². The number of carboxylic acid groups (broad SMARTS) is 1. The van der Waals surface area contributed by atoms with Gasteiger partial charge in [0.25, 0.3) is 0 Å². The van der Waals surface area contributed by atoms with Gasteiger partial charge in [-0.25, -0.2) is 0 Å². The van der Waals surface area contributed by atoms with Gasteiger partial charge in [-0.3, -0.25) is 4.79 Å². The highest BCUT2D eigenvalue weighted by atomic mass is 16.5. The van der Waals surface area contributed by atoms with Crippen molar-refractivity contribution in [1.82, 2.24) is 10.2 Å². The third kappa shape index (κ3) is 4.59. The van der Waals surface area contributed by atoms with Crippen LogP contribution in [0.2, 0.25) is 0 Å². The van der Waals surface area contributed by atoms with Crippen LogP contribution in [0.15, 0.2) is 0 Å². The van der Waals surface area contributed by atoms with E-state index < -0.39 is 5.97 Å². The molecule has 5 nitrogen and oxygen atoms in total. The summed E-state index contributed by atoms with van der Waals surface area (Å²) in [7, 11) is 1.93. The van der Waals surface area contributed by atoms with Crippen LogP contribution in [-0.4, -0.2) is 61.9 Å². The Morgan fingerprint density at radius 3 is 3.00 bits per heavy atom. The number of morpholine rings is 1. The first-order valence-electron chi connectivity index (χ1n) is 5.33. The van der Waals surface area contributed by atoms with Gasteiger partial charge in [0.1, 0.15) is 0 Å². The summed E-state index contributed by atoms with van der Waals surface area (Å²) in [6, 6.07) is 0. The molecule has 2 N–H and O–H groups in total. The van der Waals surface area contributed by atoms with E-state index in [9.17, 15) is 4.79 Å². The van der Waals surface area contributed by atoms with E-state index in [1.807, 2.05) is 11.9 Å². The van der Waals surface area contributed by atoms with Gasteiger partial charge in [-0.05, 0) is 7.05 Å². The first-order chi connectivity index (χ1) is 7.09. The molecule has 0 aromatic rings. The van der Waals surface area contributed by atoms with Gasteiger partial charge in [0.05, 0.1) is 18.6 Å². The lowest BCUT2D eigenvalue weighted by molar-refractivity contribution is -0.141. The van der Waals surface area contributed by atoms with Gasteiger partial charge >= 0.3 is 5.97 Å². The van der Waals surface area contributed by atoms with E-state index in [0.717, 1.165) is 26.2 Å². The zero-order valence-electron chi connectivity index (χ0n) is 9.40. The molecule has 0 aromatic heterocycles. The Labute approximate surface area is 90.4 Å². The Morgan fingerprint density at radius 2 is 2.47 bits per heavy atom. The molecule has 0 spiro atoms. The maximum atomic E-state index is 10.7. The minimum atomic E-state index is -0.746. The van der Waals surface area contributed by atoms with Gasteiger partial charge in [-0.2, -0.15) is 0 Å². The van der Waals surface area contributed by atoms with Gasteiger partial charge in [-0.1, -0.05) is 6.92 Å². The largest absolute Gasteiger partial charge is 0.481 e. The van der Waals surface area contributed by atoms with Gasteiger partial charge < -0.3 is 20.1 Å². The van der Waals surface area contributed by atoms with E-state index in [2.05, 4.69) is 5.32 Å². The molecule has 88 valence electrons. The number of carbonyl (C=O) groups is 1. The van der Waals surface area contributed by atoms with Crippen LogP contribution < -0.4 is 5.32 Å². The molecule has 2 atom stereocenters. The average molecular weight is 216 g/mol. The fourth-order valence-electron chi connectivity index (χ4n) is 1.70. The normalized spacial score (nSPS) is 24.1. The Morgan fingerprint density at radius 1 is 1.73 bits per heavy atom. The highest BCUT2D eigenvalue weighted by molar-refractivity contribution is 5.69. The SMILES string of the molecule is CC(CN(C)CC1CNCCO1)C(=O)O. The Kier molecular flexibility index (Phi) is 5.01. The van der Waals surface area contributed by atoms with Crippen molar-refractivity contribution in [3.63, 3.8) is 0 Å². The van der Waals surface area contributed by atoms with Crippen LogP contribution in [0.3, 0.4) is 0 Å². The smallest absolute Gasteiger partial charge is 0.307 e. The van der Waals surface area contributed by atoms with Crippen LogP contribution in [0, 0.1) is 5.92 Å². The van der Waals surface area contributed by atoms with Gasteiger partial charge in [0.2, 0.25) is 0 Å². The van der Waals surface area contributed by atoms with Crippen LogP contribution in [0.1, 0.15) is 6.92 Å². The fourth-order valence-corrected chi connectivity index (χ4v) is 1.70. The van der Waals surface area contributed by atoms with E-state index in [1.165, 1.54) is 0 Å².